The van der Waals surface area contributed by atoms with Crippen molar-refractivity contribution in [3.8, 4) is 0 Å². The summed E-state index contributed by atoms with van der Waals surface area (Å²) in [5.74, 6) is 0.181. The molecule has 0 aliphatic heterocycles. The molecule has 1 heterocycles. The lowest BCUT2D eigenvalue weighted by Gasteiger charge is -2.08. The topological polar surface area (TPSA) is 59.8 Å². The van der Waals surface area contributed by atoms with E-state index in [0.717, 1.165) is 11.4 Å². The largest absolute Gasteiger partial charge is 0.356 e. The molecule has 0 aliphatic rings. The van der Waals surface area contributed by atoms with Gasteiger partial charge in [0.05, 0.1) is 11.4 Å². The van der Waals surface area contributed by atoms with Gasteiger partial charge in [0.1, 0.15) is 0 Å². The first kappa shape index (κ1) is 11.7. The minimum Gasteiger partial charge on any atom is -0.356 e. The maximum atomic E-state index is 11.4. The maximum Gasteiger partial charge on any atom is 0.220 e. The molecule has 1 aromatic rings. The Morgan fingerprint density at radius 2 is 2.27 bits per heavy atom. The summed E-state index contributed by atoms with van der Waals surface area (Å²) in [4.78, 5) is 11.4. The fourth-order valence-corrected chi connectivity index (χ4v) is 1.52. The average molecular weight is 210 g/mol. The molecule has 15 heavy (non-hydrogen) atoms. The summed E-state index contributed by atoms with van der Waals surface area (Å²) in [6.07, 6.45) is 0.466. The normalized spacial score (nSPS) is 12.5. The van der Waals surface area contributed by atoms with E-state index in [1.165, 1.54) is 0 Å². The van der Waals surface area contributed by atoms with E-state index in [-0.39, 0.29) is 11.8 Å². The van der Waals surface area contributed by atoms with Crippen molar-refractivity contribution in [1.29, 1.82) is 0 Å². The first-order valence-electron chi connectivity index (χ1n) is 5.19. The molecule has 84 valence electrons. The lowest BCUT2D eigenvalue weighted by atomic mass is 10.0. The molecule has 5 heteroatoms. The van der Waals surface area contributed by atoms with Crippen molar-refractivity contribution in [3.05, 3.63) is 11.4 Å². The highest BCUT2D eigenvalue weighted by Crippen LogP contribution is 2.19. The van der Waals surface area contributed by atoms with E-state index in [9.17, 15) is 4.79 Å². The average Bonchev–Trinajstić information content (AvgIpc) is 2.48. The zero-order valence-corrected chi connectivity index (χ0v) is 9.74. The predicted octanol–water partition coefficient (Wildman–Crippen LogP) is 0.753. The van der Waals surface area contributed by atoms with Crippen LogP contribution < -0.4 is 5.32 Å². The Kier molecular flexibility index (Phi) is 3.82. The third-order valence-electron chi connectivity index (χ3n) is 2.48. The van der Waals surface area contributed by atoms with Crippen LogP contribution in [-0.2, 0) is 11.8 Å². The fourth-order valence-electron chi connectivity index (χ4n) is 1.52. The zero-order valence-electron chi connectivity index (χ0n) is 9.74. The Hall–Kier alpha value is -1.39. The van der Waals surface area contributed by atoms with Crippen LogP contribution in [-0.4, -0.2) is 27.4 Å². The molecule has 1 atom stereocenters. The van der Waals surface area contributed by atoms with Gasteiger partial charge in [-0.2, -0.15) is 0 Å². The monoisotopic (exact) mass is 210 g/mol. The van der Waals surface area contributed by atoms with Gasteiger partial charge in [0.2, 0.25) is 5.91 Å². The first-order chi connectivity index (χ1) is 7.06. The van der Waals surface area contributed by atoms with Crippen LogP contribution in [0.4, 0.5) is 0 Å². The zero-order chi connectivity index (χ0) is 11.4. The molecule has 1 unspecified atom stereocenters. The van der Waals surface area contributed by atoms with Gasteiger partial charge in [-0.3, -0.25) is 9.48 Å². The molecule has 0 spiro atoms. The van der Waals surface area contributed by atoms with E-state index in [1.54, 1.807) is 4.68 Å². The molecule has 1 rings (SSSR count). The van der Waals surface area contributed by atoms with Crippen LogP contribution in [0.15, 0.2) is 0 Å². The van der Waals surface area contributed by atoms with Crippen molar-refractivity contribution in [2.45, 2.75) is 33.1 Å². The molecule has 1 amide bonds. The number of hydrogen-bond donors (Lipinski definition) is 1. The number of hydrogen-bond acceptors (Lipinski definition) is 3. The standard InChI is InChI=1S/C10H18N4O/c1-5-11-9(15)6-7(2)10-8(3)14(4)13-12-10/h7H,5-6H2,1-4H3,(H,11,15). The van der Waals surface area contributed by atoms with E-state index in [2.05, 4.69) is 15.6 Å². The van der Waals surface area contributed by atoms with Crippen LogP contribution in [0.25, 0.3) is 0 Å². The Labute approximate surface area is 89.9 Å². The van der Waals surface area contributed by atoms with Gasteiger partial charge in [0.15, 0.2) is 0 Å². The van der Waals surface area contributed by atoms with Crippen molar-refractivity contribution < 1.29 is 4.79 Å². The first-order valence-corrected chi connectivity index (χ1v) is 5.19. The molecule has 0 radical (unpaired) electrons. The molecular formula is C10H18N4O. The van der Waals surface area contributed by atoms with E-state index < -0.39 is 0 Å². The number of nitrogens with zero attached hydrogens (tertiary/aromatic N) is 3. The minimum absolute atomic E-state index is 0.0649. The van der Waals surface area contributed by atoms with Crippen LogP contribution in [0.5, 0.6) is 0 Å². The van der Waals surface area contributed by atoms with E-state index in [0.29, 0.717) is 13.0 Å². The summed E-state index contributed by atoms with van der Waals surface area (Å²) in [7, 11) is 1.85. The summed E-state index contributed by atoms with van der Waals surface area (Å²) in [5.41, 5.74) is 1.93. The highest BCUT2D eigenvalue weighted by atomic mass is 16.1. The molecule has 5 nitrogen and oxygen atoms in total. The van der Waals surface area contributed by atoms with Gasteiger partial charge in [0.25, 0.3) is 0 Å². The number of rotatable bonds is 4. The van der Waals surface area contributed by atoms with Gasteiger partial charge in [0, 0.05) is 25.9 Å². The van der Waals surface area contributed by atoms with Crippen LogP contribution in [0, 0.1) is 6.92 Å². The second-order valence-electron chi connectivity index (χ2n) is 3.74. The lowest BCUT2D eigenvalue weighted by molar-refractivity contribution is -0.121. The number of aromatic nitrogens is 3. The van der Waals surface area contributed by atoms with Crippen molar-refractivity contribution in [2.75, 3.05) is 6.54 Å². The molecule has 1 N–H and O–H groups in total. The summed E-state index contributed by atoms with van der Waals surface area (Å²) in [5, 5.41) is 10.8. The predicted molar refractivity (Wildman–Crippen MR) is 57.5 cm³/mol. The highest BCUT2D eigenvalue weighted by molar-refractivity contribution is 5.76. The number of amides is 1. The second kappa shape index (κ2) is 4.91. The number of carbonyl (C=O) groups is 1. The van der Waals surface area contributed by atoms with Gasteiger partial charge in [-0.05, 0) is 13.8 Å². The van der Waals surface area contributed by atoms with Gasteiger partial charge in [-0.1, -0.05) is 12.1 Å². The highest BCUT2D eigenvalue weighted by Gasteiger charge is 2.16. The summed E-state index contributed by atoms with van der Waals surface area (Å²) in [6, 6.07) is 0. The van der Waals surface area contributed by atoms with Crippen molar-refractivity contribution >= 4 is 5.91 Å². The molecule has 0 saturated carbocycles. The van der Waals surface area contributed by atoms with Crippen molar-refractivity contribution in [3.63, 3.8) is 0 Å². The number of carbonyl (C=O) groups excluding carboxylic acids is 1. The fraction of sp³-hybridized carbons (Fsp3) is 0.700. The van der Waals surface area contributed by atoms with Crippen LogP contribution >= 0.6 is 0 Å². The van der Waals surface area contributed by atoms with E-state index >= 15 is 0 Å². The van der Waals surface area contributed by atoms with Gasteiger partial charge >= 0.3 is 0 Å². The van der Waals surface area contributed by atoms with Gasteiger partial charge in [-0.15, -0.1) is 5.10 Å². The Balaban J connectivity index is 2.65. The third kappa shape index (κ3) is 2.78. The minimum atomic E-state index is 0.0649. The SMILES string of the molecule is CCNC(=O)CC(C)c1nnn(C)c1C. The van der Waals surface area contributed by atoms with E-state index in [4.69, 9.17) is 0 Å². The van der Waals surface area contributed by atoms with Gasteiger partial charge in [-0.25, -0.2) is 0 Å². The third-order valence-corrected chi connectivity index (χ3v) is 2.48. The molecule has 0 fully saturated rings. The number of aryl methyl sites for hydroxylation is 1. The Morgan fingerprint density at radius 1 is 1.60 bits per heavy atom. The smallest absolute Gasteiger partial charge is 0.220 e. The molecule has 0 aromatic carbocycles. The number of nitrogens with one attached hydrogen (secondary N) is 1. The van der Waals surface area contributed by atoms with E-state index in [1.807, 2.05) is 27.8 Å². The van der Waals surface area contributed by atoms with Gasteiger partial charge < -0.3 is 5.32 Å². The van der Waals surface area contributed by atoms with Crippen LogP contribution in [0.2, 0.25) is 0 Å². The lowest BCUT2D eigenvalue weighted by Crippen LogP contribution is -2.24. The van der Waals surface area contributed by atoms with Crippen molar-refractivity contribution in [2.24, 2.45) is 7.05 Å². The molecule has 0 saturated heterocycles. The Bertz CT molecular complexity index is 345. The molecular weight excluding hydrogens is 192 g/mol. The summed E-state index contributed by atoms with van der Waals surface area (Å²) < 4.78 is 1.73. The Morgan fingerprint density at radius 3 is 2.73 bits per heavy atom. The van der Waals surface area contributed by atoms with Crippen LogP contribution in [0.1, 0.15) is 37.6 Å². The molecule has 0 bridgehead atoms. The quantitative estimate of drug-likeness (QED) is 0.798. The molecule has 1 aromatic heterocycles. The van der Waals surface area contributed by atoms with Crippen molar-refractivity contribution in [1.82, 2.24) is 20.3 Å². The molecule has 0 aliphatic carbocycles. The summed E-state index contributed by atoms with van der Waals surface area (Å²) >= 11 is 0. The van der Waals surface area contributed by atoms with Crippen LogP contribution in [0.3, 0.4) is 0 Å². The second-order valence-corrected chi connectivity index (χ2v) is 3.74. The maximum absolute atomic E-state index is 11.4. The summed E-state index contributed by atoms with van der Waals surface area (Å²) in [6.45, 7) is 6.54.